The number of methoxy groups -OCH3 is 4. The first-order valence-corrected chi connectivity index (χ1v) is 10.8. The largest absolute Gasteiger partial charge is 0.469 e. The van der Waals surface area contributed by atoms with Crippen LogP contribution in [-0.4, -0.2) is 59.2 Å². The molecule has 0 aromatic carbocycles. The quantitative estimate of drug-likeness (QED) is 0.205. The van der Waals surface area contributed by atoms with Crippen LogP contribution in [0, 0.1) is 34.5 Å². The van der Waals surface area contributed by atoms with Gasteiger partial charge >= 0.3 is 17.9 Å². The van der Waals surface area contributed by atoms with Gasteiger partial charge in [0.25, 0.3) is 0 Å². The molecule has 2 saturated carbocycles. The minimum absolute atomic E-state index is 0.0166. The molecule has 0 amide bonds. The summed E-state index contributed by atoms with van der Waals surface area (Å²) in [5.41, 5.74) is -1.46. The molecule has 0 aromatic rings. The molecule has 0 spiro atoms. The number of fused-ring (bicyclic) bond motifs is 3. The lowest BCUT2D eigenvalue weighted by Gasteiger charge is -2.57. The molecule has 6 atom stereocenters. The Labute approximate surface area is 183 Å². The third-order valence-corrected chi connectivity index (χ3v) is 7.94. The van der Waals surface area contributed by atoms with Crippen molar-refractivity contribution in [3.63, 3.8) is 0 Å². The highest BCUT2D eigenvalue weighted by Gasteiger charge is 2.61. The third kappa shape index (κ3) is 3.89. The van der Waals surface area contributed by atoms with E-state index in [-0.39, 0.29) is 42.0 Å². The molecule has 0 radical (unpaired) electrons. The van der Waals surface area contributed by atoms with Crippen LogP contribution in [0.25, 0.3) is 0 Å². The van der Waals surface area contributed by atoms with Gasteiger partial charge in [0.1, 0.15) is 6.79 Å². The van der Waals surface area contributed by atoms with Crippen LogP contribution in [0.5, 0.6) is 0 Å². The monoisotopic (exact) mass is 438 g/mol. The number of hydrogen-bond donors (Lipinski definition) is 0. The van der Waals surface area contributed by atoms with Gasteiger partial charge in [0.2, 0.25) is 0 Å². The second kappa shape index (κ2) is 9.28. The predicted octanol–water partition coefficient (Wildman–Crippen LogP) is 2.50. The van der Waals surface area contributed by atoms with Crippen LogP contribution in [0.2, 0.25) is 0 Å². The lowest BCUT2D eigenvalue weighted by molar-refractivity contribution is -0.183. The molecule has 0 bridgehead atoms. The topological polar surface area (TPSA) is 97.4 Å². The Bertz CT molecular complexity index is 715. The Hall–Kier alpha value is -1.93. The Morgan fingerprint density at radius 1 is 0.935 bits per heavy atom. The highest BCUT2D eigenvalue weighted by molar-refractivity contribution is 6.00. The van der Waals surface area contributed by atoms with Gasteiger partial charge in [-0.2, -0.15) is 0 Å². The number of rotatable bonds is 6. The van der Waals surface area contributed by atoms with E-state index >= 15 is 0 Å². The summed E-state index contributed by atoms with van der Waals surface area (Å²) in [4.78, 5) is 38.0. The van der Waals surface area contributed by atoms with Crippen LogP contribution in [0.1, 0.15) is 39.0 Å². The molecule has 0 heterocycles. The van der Waals surface area contributed by atoms with E-state index < -0.39 is 23.3 Å². The molecule has 0 aromatic heterocycles. The Kier molecular flexibility index (Phi) is 7.11. The molecule has 0 saturated heterocycles. The normalized spacial score (nSPS) is 36.0. The second-order valence-corrected chi connectivity index (χ2v) is 9.19. The van der Waals surface area contributed by atoms with E-state index in [1.54, 1.807) is 7.11 Å². The first-order valence-electron chi connectivity index (χ1n) is 10.8. The van der Waals surface area contributed by atoms with Gasteiger partial charge in [-0.25, -0.2) is 0 Å². The van der Waals surface area contributed by atoms with Crippen molar-refractivity contribution >= 4 is 17.9 Å². The van der Waals surface area contributed by atoms with Gasteiger partial charge in [-0.3, -0.25) is 14.4 Å². The molecule has 3 rings (SSSR count). The molecule has 0 unspecified atom stereocenters. The average molecular weight is 439 g/mol. The highest BCUT2D eigenvalue weighted by Crippen LogP contribution is 2.61. The van der Waals surface area contributed by atoms with E-state index in [0.29, 0.717) is 25.7 Å². The van der Waals surface area contributed by atoms with Crippen molar-refractivity contribution in [1.82, 2.24) is 0 Å². The lowest BCUT2D eigenvalue weighted by Crippen LogP contribution is -2.57. The molecule has 0 N–H and O–H groups in total. The molecular weight excluding hydrogens is 404 g/mol. The van der Waals surface area contributed by atoms with Crippen molar-refractivity contribution in [2.45, 2.75) is 45.1 Å². The number of carbonyl (C=O) groups excluding carboxylic acids is 3. The summed E-state index contributed by atoms with van der Waals surface area (Å²) in [5, 5.41) is 0. The van der Waals surface area contributed by atoms with E-state index in [4.69, 9.17) is 23.7 Å². The maximum absolute atomic E-state index is 12.8. The zero-order valence-corrected chi connectivity index (χ0v) is 19.1. The van der Waals surface area contributed by atoms with E-state index in [2.05, 4.69) is 19.1 Å². The molecule has 3 aliphatic carbocycles. The minimum atomic E-state index is -1.28. The molecule has 3 aliphatic rings. The van der Waals surface area contributed by atoms with Gasteiger partial charge in [-0.05, 0) is 55.3 Å². The van der Waals surface area contributed by atoms with Crippen molar-refractivity contribution in [2.75, 3.05) is 35.2 Å². The van der Waals surface area contributed by atoms with Gasteiger partial charge in [0, 0.05) is 7.11 Å². The number of esters is 3. The summed E-state index contributed by atoms with van der Waals surface area (Å²) < 4.78 is 26.0. The van der Waals surface area contributed by atoms with Crippen molar-refractivity contribution < 1.29 is 38.1 Å². The lowest BCUT2D eigenvalue weighted by atomic mass is 9.47. The number of carbonyl (C=O) groups is 3. The van der Waals surface area contributed by atoms with Crippen molar-refractivity contribution in [3.05, 3.63) is 12.2 Å². The standard InChI is InChI=1S/C23H34O8/c1-22-10-9-17(31-13-27-2)18(19(24)28-3)16(22)7-6-14-12-23(20(25)29-4,21(26)30-5)11-8-15(14)22/h6-7,14-18H,8-13H2,1-5H3/t14-,15-,16+,17+,18+,22-/m0/s1. The number of ether oxygens (including phenoxy) is 5. The fraction of sp³-hybridized carbons (Fsp3) is 0.783. The van der Waals surface area contributed by atoms with Crippen LogP contribution >= 0.6 is 0 Å². The average Bonchev–Trinajstić information content (AvgIpc) is 2.80. The van der Waals surface area contributed by atoms with Crippen LogP contribution in [0.15, 0.2) is 12.2 Å². The molecule has 174 valence electrons. The molecule has 31 heavy (non-hydrogen) atoms. The van der Waals surface area contributed by atoms with Crippen molar-refractivity contribution in [2.24, 2.45) is 34.5 Å². The third-order valence-electron chi connectivity index (χ3n) is 7.94. The molecule has 8 heteroatoms. The van der Waals surface area contributed by atoms with Crippen molar-refractivity contribution in [1.29, 1.82) is 0 Å². The van der Waals surface area contributed by atoms with E-state index in [1.807, 2.05) is 0 Å². The summed E-state index contributed by atoms with van der Waals surface area (Å²) in [7, 11) is 5.56. The van der Waals surface area contributed by atoms with Crippen LogP contribution in [0.4, 0.5) is 0 Å². The minimum Gasteiger partial charge on any atom is -0.469 e. The SMILES string of the molecule is COCO[C@@H]1CC[C@]2(C)[C@H](C=C[C@H]3CC(C(=O)OC)(C(=O)OC)CC[C@@H]32)[C@H]1C(=O)OC. The zero-order chi connectivity index (χ0) is 22.8. The zero-order valence-electron chi connectivity index (χ0n) is 19.1. The smallest absolute Gasteiger partial charge is 0.323 e. The highest BCUT2D eigenvalue weighted by atomic mass is 16.7. The summed E-state index contributed by atoms with van der Waals surface area (Å²) >= 11 is 0. The van der Waals surface area contributed by atoms with Gasteiger partial charge < -0.3 is 23.7 Å². The Morgan fingerprint density at radius 2 is 1.61 bits per heavy atom. The van der Waals surface area contributed by atoms with Gasteiger partial charge in [0.05, 0.1) is 33.4 Å². The van der Waals surface area contributed by atoms with Crippen LogP contribution in [0.3, 0.4) is 0 Å². The van der Waals surface area contributed by atoms with Gasteiger partial charge in [-0.15, -0.1) is 0 Å². The van der Waals surface area contributed by atoms with E-state index in [0.717, 1.165) is 6.42 Å². The molecule has 0 aliphatic heterocycles. The summed E-state index contributed by atoms with van der Waals surface area (Å²) in [6, 6.07) is 0. The fourth-order valence-electron chi connectivity index (χ4n) is 6.38. The van der Waals surface area contributed by atoms with Gasteiger partial charge in [0.15, 0.2) is 5.41 Å². The first-order chi connectivity index (χ1) is 14.8. The van der Waals surface area contributed by atoms with E-state index in [1.165, 1.54) is 21.3 Å². The number of hydrogen-bond acceptors (Lipinski definition) is 8. The van der Waals surface area contributed by atoms with E-state index in [9.17, 15) is 14.4 Å². The maximum atomic E-state index is 12.8. The van der Waals surface area contributed by atoms with Crippen LogP contribution in [-0.2, 0) is 38.1 Å². The van der Waals surface area contributed by atoms with Gasteiger partial charge in [-0.1, -0.05) is 19.1 Å². The molecule has 8 nitrogen and oxygen atoms in total. The molecular formula is C23H34O8. The summed E-state index contributed by atoms with van der Waals surface area (Å²) in [6.07, 6.45) is 6.82. The first kappa shape index (κ1) is 23.7. The Balaban J connectivity index is 1.93. The van der Waals surface area contributed by atoms with Crippen LogP contribution < -0.4 is 0 Å². The number of allylic oxidation sites excluding steroid dienone is 2. The Morgan fingerprint density at radius 3 is 2.19 bits per heavy atom. The molecule has 2 fully saturated rings. The maximum Gasteiger partial charge on any atom is 0.323 e. The summed E-state index contributed by atoms with van der Waals surface area (Å²) in [6.45, 7) is 2.34. The second-order valence-electron chi connectivity index (χ2n) is 9.19. The summed E-state index contributed by atoms with van der Waals surface area (Å²) in [5.74, 6) is -1.60. The predicted molar refractivity (Wildman–Crippen MR) is 110 cm³/mol. The van der Waals surface area contributed by atoms with Crippen molar-refractivity contribution in [3.8, 4) is 0 Å². The fourth-order valence-corrected chi connectivity index (χ4v) is 6.38.